The van der Waals surface area contributed by atoms with E-state index in [2.05, 4.69) is 5.18 Å². The van der Waals surface area contributed by atoms with E-state index in [1.54, 1.807) is 13.8 Å². The van der Waals surface area contributed by atoms with Crippen molar-refractivity contribution in [3.8, 4) is 0 Å². The molecule has 27 heavy (non-hydrogen) atoms. The maximum absolute atomic E-state index is 13.0. The average Bonchev–Trinajstić information content (AvgIpc) is 2.97. The van der Waals surface area contributed by atoms with Gasteiger partial charge in [0.05, 0.1) is 6.10 Å². The normalized spacial score (nSPS) is 14.5. The van der Waals surface area contributed by atoms with Crippen LogP contribution < -0.4 is 5.73 Å². The van der Waals surface area contributed by atoms with Crippen molar-refractivity contribution in [3.63, 3.8) is 0 Å². The van der Waals surface area contributed by atoms with Crippen LogP contribution in [0.4, 0.5) is 9.39 Å². The van der Waals surface area contributed by atoms with Crippen molar-refractivity contribution in [2.75, 3.05) is 19.3 Å². The number of rotatable bonds is 8. The van der Waals surface area contributed by atoms with E-state index in [4.69, 9.17) is 5.73 Å². The number of benzene rings is 1. The maximum Gasteiger partial charge on any atom is 0.245 e. The van der Waals surface area contributed by atoms with Crippen molar-refractivity contribution in [2.45, 2.75) is 30.9 Å². The van der Waals surface area contributed by atoms with E-state index in [1.165, 1.54) is 37.4 Å². The molecule has 148 valence electrons. The second kappa shape index (κ2) is 8.42. The molecular weight excluding hydrogens is 393 g/mol. The third-order valence-corrected chi connectivity index (χ3v) is 7.18. The summed E-state index contributed by atoms with van der Waals surface area (Å²) in [6.45, 7) is 3.38. The third-order valence-electron chi connectivity index (χ3n) is 4.15. The van der Waals surface area contributed by atoms with Crippen LogP contribution in [0.5, 0.6) is 0 Å². The fourth-order valence-electron chi connectivity index (χ4n) is 2.56. The Morgan fingerprint density at radius 3 is 2.41 bits per heavy atom. The molecule has 2 aromatic rings. The van der Waals surface area contributed by atoms with Crippen LogP contribution in [0.25, 0.3) is 0 Å². The molecule has 10 heteroatoms. The van der Waals surface area contributed by atoms with Gasteiger partial charge in [-0.25, -0.2) is 12.8 Å². The lowest BCUT2D eigenvalue weighted by Gasteiger charge is -2.20. The molecule has 1 aromatic heterocycles. The van der Waals surface area contributed by atoms with Crippen LogP contribution in [0, 0.1) is 16.6 Å². The molecule has 0 radical (unpaired) electrons. The zero-order chi connectivity index (χ0) is 20.4. The van der Waals surface area contributed by atoms with Gasteiger partial charge in [-0.1, -0.05) is 31.2 Å². The average molecular weight is 416 g/mol. The number of hydrogen-bond donors (Lipinski definition) is 2. The lowest BCUT2D eigenvalue weighted by atomic mass is 10.0. The SMILES string of the molecule is CC(C)C(N=O)c1cc(S(=O)(=O)N(C)CC(O)c2ccc(F)cc2)c(N)s1. The molecule has 0 spiro atoms. The summed E-state index contributed by atoms with van der Waals surface area (Å²) in [4.78, 5) is 11.4. The minimum absolute atomic E-state index is 0.0578. The fourth-order valence-corrected chi connectivity index (χ4v) is 5.30. The molecule has 7 nitrogen and oxygen atoms in total. The Bertz CT molecular complexity index is 897. The van der Waals surface area contributed by atoms with Gasteiger partial charge in [0.2, 0.25) is 10.0 Å². The van der Waals surface area contributed by atoms with Gasteiger partial charge in [0.1, 0.15) is 21.8 Å². The summed E-state index contributed by atoms with van der Waals surface area (Å²) in [5.41, 5.74) is 6.27. The van der Waals surface area contributed by atoms with E-state index >= 15 is 0 Å². The summed E-state index contributed by atoms with van der Waals surface area (Å²) < 4.78 is 39.6. The zero-order valence-corrected chi connectivity index (χ0v) is 16.8. The van der Waals surface area contributed by atoms with Crippen LogP contribution in [0.1, 0.15) is 36.4 Å². The standard InChI is InChI=1S/C17H22FN3O4S2/c1-10(2)16(20-23)14-8-15(17(19)26-14)27(24,25)21(3)9-13(22)11-4-6-12(18)7-5-11/h4-8,10,13,16,22H,9,19H2,1-3H3. The van der Waals surface area contributed by atoms with Crippen LogP contribution in [0.3, 0.4) is 0 Å². The Labute approximate surface area is 161 Å². The molecule has 0 aliphatic carbocycles. The summed E-state index contributed by atoms with van der Waals surface area (Å²) >= 11 is 1.01. The Morgan fingerprint density at radius 1 is 1.30 bits per heavy atom. The first-order chi connectivity index (χ1) is 12.6. The second-order valence-electron chi connectivity index (χ2n) is 6.52. The molecule has 0 aliphatic rings. The van der Waals surface area contributed by atoms with Gasteiger partial charge in [0.25, 0.3) is 0 Å². The van der Waals surface area contributed by atoms with E-state index in [1.807, 2.05) is 0 Å². The summed E-state index contributed by atoms with van der Waals surface area (Å²) in [6, 6.07) is 5.84. The number of aliphatic hydroxyl groups excluding tert-OH is 1. The maximum atomic E-state index is 13.0. The van der Waals surface area contributed by atoms with Crippen LogP contribution in [0.15, 0.2) is 40.4 Å². The van der Waals surface area contributed by atoms with Gasteiger partial charge in [0, 0.05) is 18.5 Å². The highest BCUT2D eigenvalue weighted by molar-refractivity contribution is 7.89. The number of thiophene rings is 1. The van der Waals surface area contributed by atoms with Crippen molar-refractivity contribution in [1.82, 2.24) is 4.31 Å². The molecule has 0 fully saturated rings. The number of anilines is 1. The molecule has 1 heterocycles. The van der Waals surface area contributed by atoms with E-state index in [0.29, 0.717) is 10.4 Å². The molecular formula is C17H22FN3O4S2. The van der Waals surface area contributed by atoms with Crippen molar-refractivity contribution in [2.24, 2.45) is 11.1 Å². The Kier molecular flexibility index (Phi) is 6.68. The molecule has 3 N–H and O–H groups in total. The topological polar surface area (TPSA) is 113 Å². The number of likely N-dealkylation sites (N-methyl/N-ethyl adjacent to an activating group) is 1. The predicted molar refractivity (Wildman–Crippen MR) is 103 cm³/mol. The molecule has 0 saturated carbocycles. The number of sulfonamides is 1. The Morgan fingerprint density at radius 2 is 1.89 bits per heavy atom. The highest BCUT2D eigenvalue weighted by atomic mass is 32.2. The fraction of sp³-hybridized carbons (Fsp3) is 0.412. The lowest BCUT2D eigenvalue weighted by molar-refractivity contribution is 0.155. The van der Waals surface area contributed by atoms with E-state index in [-0.39, 0.29) is 22.4 Å². The summed E-state index contributed by atoms with van der Waals surface area (Å²) in [5, 5.41) is 13.4. The van der Waals surface area contributed by atoms with Crippen LogP contribution in [-0.4, -0.2) is 31.4 Å². The van der Waals surface area contributed by atoms with E-state index in [0.717, 1.165) is 15.6 Å². The molecule has 2 atom stereocenters. The van der Waals surface area contributed by atoms with Gasteiger partial charge < -0.3 is 10.8 Å². The quantitative estimate of drug-likeness (QED) is 0.642. The van der Waals surface area contributed by atoms with Crippen LogP contribution >= 0.6 is 11.3 Å². The van der Waals surface area contributed by atoms with Crippen molar-refractivity contribution in [3.05, 3.63) is 51.5 Å². The summed E-state index contributed by atoms with van der Waals surface area (Å²) in [7, 11) is -2.67. The molecule has 0 bridgehead atoms. The largest absolute Gasteiger partial charge is 0.389 e. The van der Waals surface area contributed by atoms with Crippen molar-refractivity contribution in [1.29, 1.82) is 0 Å². The first kappa shape index (κ1) is 21.4. The van der Waals surface area contributed by atoms with Gasteiger partial charge in [-0.05, 0) is 29.7 Å². The van der Waals surface area contributed by atoms with Gasteiger partial charge in [-0.3, -0.25) is 0 Å². The number of nitrogens with two attached hydrogens (primary N) is 1. The highest BCUT2D eigenvalue weighted by Gasteiger charge is 2.30. The smallest absolute Gasteiger partial charge is 0.245 e. The predicted octanol–water partition coefficient (Wildman–Crippen LogP) is 3.29. The molecule has 2 rings (SSSR count). The molecule has 0 aliphatic heterocycles. The highest BCUT2D eigenvalue weighted by Crippen LogP contribution is 2.38. The van der Waals surface area contributed by atoms with Crippen LogP contribution in [-0.2, 0) is 10.0 Å². The van der Waals surface area contributed by atoms with E-state index < -0.39 is 28.0 Å². The number of nitrogen functional groups attached to an aromatic ring is 1. The lowest BCUT2D eigenvalue weighted by Crippen LogP contribution is -2.31. The molecule has 2 unspecified atom stereocenters. The minimum Gasteiger partial charge on any atom is -0.389 e. The van der Waals surface area contributed by atoms with Gasteiger partial charge in [-0.15, -0.1) is 11.3 Å². The molecule has 0 saturated heterocycles. The summed E-state index contributed by atoms with van der Waals surface area (Å²) in [6.07, 6.45) is -1.13. The number of nitroso groups, excluding NO2 is 1. The number of hydrogen-bond acceptors (Lipinski definition) is 7. The van der Waals surface area contributed by atoms with Gasteiger partial charge in [0.15, 0.2) is 0 Å². The zero-order valence-electron chi connectivity index (χ0n) is 15.2. The Hall–Kier alpha value is -1.88. The first-order valence-corrected chi connectivity index (χ1v) is 10.4. The molecule has 0 amide bonds. The molecule has 1 aromatic carbocycles. The van der Waals surface area contributed by atoms with E-state index in [9.17, 15) is 22.8 Å². The summed E-state index contributed by atoms with van der Waals surface area (Å²) in [5.74, 6) is -0.553. The van der Waals surface area contributed by atoms with Gasteiger partial charge in [-0.2, -0.15) is 9.21 Å². The number of halogens is 1. The monoisotopic (exact) mass is 415 g/mol. The second-order valence-corrected chi connectivity index (χ2v) is 9.65. The Balaban J connectivity index is 2.25. The van der Waals surface area contributed by atoms with Gasteiger partial charge >= 0.3 is 0 Å². The van der Waals surface area contributed by atoms with Crippen molar-refractivity contribution >= 4 is 26.4 Å². The number of nitrogens with zero attached hydrogens (tertiary/aromatic N) is 2. The van der Waals surface area contributed by atoms with Crippen LogP contribution in [0.2, 0.25) is 0 Å². The third kappa shape index (κ3) is 4.70. The first-order valence-electron chi connectivity index (χ1n) is 8.19. The minimum atomic E-state index is -3.99. The number of aliphatic hydroxyl groups is 1. The van der Waals surface area contributed by atoms with Crippen molar-refractivity contribution < 1.29 is 17.9 Å².